The highest BCUT2D eigenvalue weighted by atomic mass is 16.7. The van der Waals surface area contributed by atoms with Crippen LogP contribution in [0.4, 0.5) is 0 Å². The van der Waals surface area contributed by atoms with Crippen molar-refractivity contribution in [2.45, 2.75) is 39.2 Å². The van der Waals surface area contributed by atoms with Gasteiger partial charge in [-0.25, -0.2) is 0 Å². The molecular weight excluding hydrogens is 194 g/mol. The molecule has 0 radical (unpaired) electrons. The van der Waals surface area contributed by atoms with Crippen LogP contribution in [0.25, 0.3) is 0 Å². The second-order valence-corrected chi connectivity index (χ2v) is 4.92. The van der Waals surface area contributed by atoms with Crippen molar-refractivity contribution in [2.24, 2.45) is 5.92 Å². The largest absolute Gasteiger partial charge is 0.460 e. The number of hydrogen-bond donors (Lipinski definition) is 0. The van der Waals surface area contributed by atoms with Crippen LogP contribution < -0.4 is 0 Å². The molecular formula is C11H21NO3. The Hall–Kier alpha value is -0.610. The number of esters is 1. The van der Waals surface area contributed by atoms with Crippen molar-refractivity contribution in [2.75, 3.05) is 20.2 Å². The summed E-state index contributed by atoms with van der Waals surface area (Å²) < 4.78 is 5.35. The number of hydroxylamine groups is 2. The molecule has 1 aliphatic rings. The minimum Gasteiger partial charge on any atom is -0.460 e. The van der Waals surface area contributed by atoms with Gasteiger partial charge in [0.05, 0.1) is 13.0 Å². The lowest BCUT2D eigenvalue weighted by Crippen LogP contribution is -2.38. The van der Waals surface area contributed by atoms with Crippen molar-refractivity contribution >= 4 is 5.97 Å². The molecule has 15 heavy (non-hydrogen) atoms. The fraction of sp³-hybridized carbons (Fsp3) is 0.909. The summed E-state index contributed by atoms with van der Waals surface area (Å²) in [6, 6.07) is 0. The van der Waals surface area contributed by atoms with Crippen LogP contribution in [-0.2, 0) is 14.4 Å². The summed E-state index contributed by atoms with van der Waals surface area (Å²) in [5, 5.41) is 1.88. The molecule has 0 aromatic heterocycles. The molecule has 0 aromatic carbocycles. The molecule has 0 unspecified atom stereocenters. The van der Waals surface area contributed by atoms with Gasteiger partial charge in [-0.3, -0.25) is 4.79 Å². The molecule has 4 heteroatoms. The van der Waals surface area contributed by atoms with Gasteiger partial charge in [-0.1, -0.05) is 0 Å². The quantitative estimate of drug-likeness (QED) is 0.656. The molecule has 0 aliphatic carbocycles. The van der Waals surface area contributed by atoms with Gasteiger partial charge in [0.15, 0.2) is 0 Å². The van der Waals surface area contributed by atoms with E-state index in [4.69, 9.17) is 9.57 Å². The highest BCUT2D eigenvalue weighted by Crippen LogP contribution is 2.21. The highest BCUT2D eigenvalue weighted by Gasteiger charge is 2.28. The minimum absolute atomic E-state index is 0.0376. The predicted molar refractivity (Wildman–Crippen MR) is 57.2 cm³/mol. The molecule has 0 bridgehead atoms. The molecule has 1 heterocycles. The van der Waals surface area contributed by atoms with Crippen LogP contribution in [0.15, 0.2) is 0 Å². The molecule has 0 N–H and O–H groups in total. The molecule has 1 fully saturated rings. The third-order valence-electron chi connectivity index (χ3n) is 2.45. The SMILES string of the molecule is CON1CCC(C(=O)OC(C)(C)C)CC1. The van der Waals surface area contributed by atoms with E-state index < -0.39 is 0 Å². The smallest absolute Gasteiger partial charge is 0.309 e. The number of carbonyl (C=O) groups is 1. The number of hydrogen-bond acceptors (Lipinski definition) is 4. The molecule has 0 atom stereocenters. The molecule has 1 aliphatic heterocycles. The van der Waals surface area contributed by atoms with Crippen LogP contribution in [0.2, 0.25) is 0 Å². The van der Waals surface area contributed by atoms with Gasteiger partial charge in [0.1, 0.15) is 5.60 Å². The zero-order valence-corrected chi connectivity index (χ0v) is 10.1. The monoisotopic (exact) mass is 215 g/mol. The molecule has 0 saturated carbocycles. The first-order valence-corrected chi connectivity index (χ1v) is 5.44. The number of ether oxygens (including phenoxy) is 1. The van der Waals surface area contributed by atoms with Crippen LogP contribution in [-0.4, -0.2) is 36.8 Å². The zero-order chi connectivity index (χ0) is 11.5. The number of rotatable bonds is 2. The standard InChI is InChI=1S/C11H21NO3/c1-11(2,3)15-10(13)9-5-7-12(14-4)8-6-9/h9H,5-8H2,1-4H3. The van der Waals surface area contributed by atoms with E-state index in [2.05, 4.69) is 0 Å². The third kappa shape index (κ3) is 4.18. The first kappa shape index (κ1) is 12.5. The Kier molecular flexibility index (Phi) is 4.11. The van der Waals surface area contributed by atoms with E-state index in [9.17, 15) is 4.79 Å². The summed E-state index contributed by atoms with van der Waals surface area (Å²) in [4.78, 5) is 16.8. The number of carbonyl (C=O) groups excluding carboxylic acids is 1. The fourth-order valence-electron chi connectivity index (χ4n) is 1.66. The summed E-state index contributed by atoms with van der Waals surface area (Å²) in [5.41, 5.74) is -0.379. The van der Waals surface area contributed by atoms with E-state index >= 15 is 0 Å². The van der Waals surface area contributed by atoms with Gasteiger partial charge in [0.25, 0.3) is 0 Å². The predicted octanol–water partition coefficient (Wildman–Crippen LogP) is 1.60. The van der Waals surface area contributed by atoms with Gasteiger partial charge in [0.2, 0.25) is 0 Å². The van der Waals surface area contributed by atoms with Gasteiger partial charge >= 0.3 is 5.97 Å². The molecule has 1 rings (SSSR count). The summed E-state index contributed by atoms with van der Waals surface area (Å²) in [6.45, 7) is 7.31. The second kappa shape index (κ2) is 4.94. The Morgan fingerprint density at radius 3 is 2.20 bits per heavy atom. The molecule has 0 aromatic rings. The van der Waals surface area contributed by atoms with Crippen molar-refractivity contribution in [3.8, 4) is 0 Å². The Morgan fingerprint density at radius 2 is 1.80 bits per heavy atom. The fourth-order valence-corrected chi connectivity index (χ4v) is 1.66. The maximum atomic E-state index is 11.7. The highest BCUT2D eigenvalue weighted by molar-refractivity contribution is 5.73. The number of piperidine rings is 1. The Balaban J connectivity index is 2.37. The summed E-state index contributed by atoms with van der Waals surface area (Å²) >= 11 is 0. The normalized spacial score (nSPS) is 20.3. The lowest BCUT2D eigenvalue weighted by Gasteiger charge is -2.30. The third-order valence-corrected chi connectivity index (χ3v) is 2.45. The van der Waals surface area contributed by atoms with E-state index in [0.29, 0.717) is 0 Å². The minimum atomic E-state index is -0.379. The maximum Gasteiger partial charge on any atom is 0.309 e. The van der Waals surface area contributed by atoms with Crippen LogP contribution in [0, 0.1) is 5.92 Å². The van der Waals surface area contributed by atoms with Crippen LogP contribution in [0.1, 0.15) is 33.6 Å². The van der Waals surface area contributed by atoms with Crippen LogP contribution >= 0.6 is 0 Å². The zero-order valence-electron chi connectivity index (χ0n) is 10.1. The molecule has 4 nitrogen and oxygen atoms in total. The van der Waals surface area contributed by atoms with Gasteiger partial charge in [0, 0.05) is 13.1 Å². The lowest BCUT2D eigenvalue weighted by molar-refractivity contribution is -0.173. The summed E-state index contributed by atoms with van der Waals surface area (Å²) in [7, 11) is 1.66. The average molecular weight is 215 g/mol. The van der Waals surface area contributed by atoms with Crippen molar-refractivity contribution in [1.29, 1.82) is 0 Å². The van der Waals surface area contributed by atoms with Gasteiger partial charge in [-0.15, -0.1) is 0 Å². The van der Waals surface area contributed by atoms with Crippen molar-refractivity contribution in [3.63, 3.8) is 0 Å². The molecule has 88 valence electrons. The average Bonchev–Trinajstić information content (AvgIpc) is 2.15. The van der Waals surface area contributed by atoms with Crippen LogP contribution in [0.5, 0.6) is 0 Å². The van der Waals surface area contributed by atoms with Gasteiger partial charge < -0.3 is 9.57 Å². The van der Waals surface area contributed by atoms with Crippen molar-refractivity contribution in [1.82, 2.24) is 5.06 Å². The van der Waals surface area contributed by atoms with Gasteiger partial charge in [-0.2, -0.15) is 5.06 Å². The van der Waals surface area contributed by atoms with Crippen molar-refractivity contribution in [3.05, 3.63) is 0 Å². The van der Waals surface area contributed by atoms with E-state index in [1.54, 1.807) is 7.11 Å². The summed E-state index contributed by atoms with van der Waals surface area (Å²) in [6.07, 6.45) is 1.64. The Bertz CT molecular complexity index is 214. The first-order chi connectivity index (χ1) is 6.92. The maximum absolute atomic E-state index is 11.7. The van der Waals surface area contributed by atoms with Crippen LogP contribution in [0.3, 0.4) is 0 Å². The Labute approximate surface area is 91.5 Å². The van der Waals surface area contributed by atoms with E-state index in [1.807, 2.05) is 25.8 Å². The van der Waals surface area contributed by atoms with Gasteiger partial charge in [-0.05, 0) is 33.6 Å². The van der Waals surface area contributed by atoms with E-state index in [-0.39, 0.29) is 17.5 Å². The molecule has 0 amide bonds. The second-order valence-electron chi connectivity index (χ2n) is 4.92. The van der Waals surface area contributed by atoms with E-state index in [0.717, 1.165) is 25.9 Å². The van der Waals surface area contributed by atoms with Crippen molar-refractivity contribution < 1.29 is 14.4 Å². The summed E-state index contributed by atoms with van der Waals surface area (Å²) in [5.74, 6) is -0.0334. The number of nitrogens with zero attached hydrogens (tertiary/aromatic N) is 1. The molecule has 1 saturated heterocycles. The topological polar surface area (TPSA) is 38.8 Å². The van der Waals surface area contributed by atoms with E-state index in [1.165, 1.54) is 0 Å². The Morgan fingerprint density at radius 1 is 1.27 bits per heavy atom. The lowest BCUT2D eigenvalue weighted by atomic mass is 9.98. The first-order valence-electron chi connectivity index (χ1n) is 5.44. The molecule has 0 spiro atoms.